The molecule has 1 heterocycles. The molecule has 33 heavy (non-hydrogen) atoms. The van der Waals surface area contributed by atoms with Gasteiger partial charge in [0.15, 0.2) is 0 Å². The Labute approximate surface area is 196 Å². The standard InChI is InChI=1S/C29H32N2O2/c1-18-12-8-9-13-21(18)28(2,3)24(30-6)16-19-26(32)20(27(19)33)17-25-29(4,5)22-14-10-11-15-23(22)31(25)7/h8-17,32H,1-7H3/b19-16+,25-17+,30-24?. The number of para-hydroxylation sites is 1. The molecule has 0 atom stereocenters. The molecule has 1 aliphatic carbocycles. The minimum absolute atomic E-state index is 0.0365. The molecular weight excluding hydrogens is 408 g/mol. The fourth-order valence-electron chi connectivity index (χ4n) is 5.18. The zero-order valence-corrected chi connectivity index (χ0v) is 20.5. The predicted octanol–water partition coefficient (Wildman–Crippen LogP) is 5.98. The van der Waals surface area contributed by atoms with Gasteiger partial charge in [0.2, 0.25) is 5.78 Å². The monoisotopic (exact) mass is 440 g/mol. The van der Waals surface area contributed by atoms with E-state index in [-0.39, 0.29) is 17.0 Å². The fraction of sp³-hybridized carbons (Fsp3) is 0.310. The molecular formula is C29H32N2O2. The van der Waals surface area contributed by atoms with Gasteiger partial charge in [-0.15, -0.1) is 0 Å². The number of carbonyl (C=O) groups excluding carboxylic acids is 1. The number of rotatable bonds is 4. The third kappa shape index (κ3) is 3.45. The number of Topliss-reactive ketones (excluding diaryl/α,β-unsaturated/α-hetero) is 1. The van der Waals surface area contributed by atoms with E-state index in [0.717, 1.165) is 22.7 Å². The predicted molar refractivity (Wildman–Crippen MR) is 136 cm³/mol. The minimum Gasteiger partial charge on any atom is -0.506 e. The highest BCUT2D eigenvalue weighted by Gasteiger charge is 2.41. The zero-order chi connectivity index (χ0) is 24.1. The lowest BCUT2D eigenvalue weighted by Crippen LogP contribution is -2.32. The Morgan fingerprint density at radius 2 is 1.73 bits per heavy atom. The lowest BCUT2D eigenvalue weighted by atomic mass is 9.75. The summed E-state index contributed by atoms with van der Waals surface area (Å²) >= 11 is 0. The van der Waals surface area contributed by atoms with Gasteiger partial charge in [0.05, 0.1) is 11.1 Å². The highest BCUT2D eigenvalue weighted by atomic mass is 16.3. The van der Waals surface area contributed by atoms with Crippen LogP contribution >= 0.6 is 0 Å². The van der Waals surface area contributed by atoms with Gasteiger partial charge >= 0.3 is 0 Å². The summed E-state index contributed by atoms with van der Waals surface area (Å²) in [6.07, 6.45) is 3.58. The number of nitrogens with zero attached hydrogens (tertiary/aromatic N) is 2. The first kappa shape index (κ1) is 22.8. The van der Waals surface area contributed by atoms with Crippen molar-refractivity contribution in [2.24, 2.45) is 4.99 Å². The van der Waals surface area contributed by atoms with Gasteiger partial charge < -0.3 is 10.0 Å². The largest absolute Gasteiger partial charge is 0.506 e. The van der Waals surface area contributed by atoms with Crippen molar-refractivity contribution in [2.75, 3.05) is 19.0 Å². The maximum absolute atomic E-state index is 13.1. The second-order valence-electron chi connectivity index (χ2n) is 9.93. The lowest BCUT2D eigenvalue weighted by molar-refractivity contribution is -0.113. The number of ketones is 1. The highest BCUT2D eigenvalue weighted by Crippen LogP contribution is 2.48. The van der Waals surface area contributed by atoms with Gasteiger partial charge in [-0.2, -0.15) is 0 Å². The molecule has 0 fully saturated rings. The molecule has 0 radical (unpaired) electrons. The number of anilines is 1. The number of likely N-dealkylation sites (N-methyl/N-ethyl adjacent to an activating group) is 1. The van der Waals surface area contributed by atoms with Gasteiger partial charge in [0, 0.05) is 42.0 Å². The van der Waals surface area contributed by atoms with Gasteiger partial charge in [-0.05, 0) is 41.8 Å². The van der Waals surface area contributed by atoms with Crippen LogP contribution in [0.5, 0.6) is 0 Å². The molecule has 2 aliphatic rings. The number of aliphatic hydroxyl groups is 1. The molecule has 0 aromatic heterocycles. The first-order valence-corrected chi connectivity index (χ1v) is 11.3. The van der Waals surface area contributed by atoms with Crippen LogP contribution in [-0.2, 0) is 15.6 Å². The van der Waals surface area contributed by atoms with Crippen molar-refractivity contribution in [1.82, 2.24) is 0 Å². The molecule has 4 heteroatoms. The third-order valence-corrected chi connectivity index (χ3v) is 7.20. The Balaban J connectivity index is 1.71. The van der Waals surface area contributed by atoms with Crippen LogP contribution in [0.4, 0.5) is 5.69 Å². The van der Waals surface area contributed by atoms with Crippen LogP contribution in [-0.4, -0.2) is 30.7 Å². The van der Waals surface area contributed by atoms with Crippen molar-refractivity contribution >= 4 is 17.2 Å². The van der Waals surface area contributed by atoms with E-state index in [9.17, 15) is 9.90 Å². The second kappa shape index (κ2) is 7.87. The molecule has 0 saturated carbocycles. The molecule has 0 spiro atoms. The smallest absolute Gasteiger partial charge is 0.200 e. The van der Waals surface area contributed by atoms with E-state index in [1.54, 1.807) is 13.1 Å². The number of aliphatic hydroxyl groups excluding tert-OH is 1. The van der Waals surface area contributed by atoms with Gasteiger partial charge in [-0.1, -0.05) is 70.2 Å². The van der Waals surface area contributed by atoms with Crippen LogP contribution in [0.3, 0.4) is 0 Å². The van der Waals surface area contributed by atoms with Crippen molar-refractivity contribution in [2.45, 2.75) is 45.4 Å². The SMILES string of the molecule is CN=C(/C=C1/C(=O)C(/C=C2/N(C)c3ccccc3C2(C)C)=C1O)C(C)(C)c1ccccc1C. The first-order valence-electron chi connectivity index (χ1n) is 11.3. The lowest BCUT2D eigenvalue weighted by Gasteiger charge is -2.30. The van der Waals surface area contributed by atoms with Crippen molar-refractivity contribution in [3.63, 3.8) is 0 Å². The normalized spacial score (nSPS) is 20.5. The third-order valence-electron chi connectivity index (χ3n) is 7.20. The summed E-state index contributed by atoms with van der Waals surface area (Å²) in [5.41, 5.74) is 6.39. The average Bonchev–Trinajstić information content (AvgIpc) is 2.98. The number of allylic oxidation sites excluding steroid dienone is 5. The van der Waals surface area contributed by atoms with Crippen LogP contribution in [0.1, 0.15) is 44.4 Å². The maximum Gasteiger partial charge on any atom is 0.200 e. The maximum atomic E-state index is 13.1. The van der Waals surface area contributed by atoms with E-state index in [2.05, 4.69) is 68.8 Å². The summed E-state index contributed by atoms with van der Waals surface area (Å²) in [7, 11) is 3.73. The Hall–Kier alpha value is -3.40. The number of carbonyl (C=O) groups is 1. The van der Waals surface area contributed by atoms with Crippen molar-refractivity contribution in [3.05, 3.63) is 100.0 Å². The molecule has 1 N–H and O–H groups in total. The summed E-state index contributed by atoms with van der Waals surface area (Å²) < 4.78 is 0. The number of aliphatic imine (C=N–C) groups is 1. The van der Waals surface area contributed by atoms with Crippen LogP contribution in [0.25, 0.3) is 0 Å². The Kier molecular flexibility index (Phi) is 5.44. The molecule has 1 aliphatic heterocycles. The molecule has 4 nitrogen and oxygen atoms in total. The number of fused-ring (bicyclic) bond motifs is 1. The average molecular weight is 441 g/mol. The van der Waals surface area contributed by atoms with Crippen LogP contribution in [0.15, 0.2) is 88.3 Å². The number of aryl methyl sites for hydroxylation is 1. The molecule has 0 unspecified atom stereocenters. The Bertz CT molecular complexity index is 1270. The van der Waals surface area contributed by atoms with E-state index in [0.29, 0.717) is 11.1 Å². The summed E-state index contributed by atoms with van der Waals surface area (Å²) in [6, 6.07) is 16.4. The van der Waals surface area contributed by atoms with Crippen molar-refractivity contribution in [1.29, 1.82) is 0 Å². The molecule has 2 aromatic rings. The molecule has 0 bridgehead atoms. The molecule has 0 saturated heterocycles. The summed E-state index contributed by atoms with van der Waals surface area (Å²) in [4.78, 5) is 19.7. The fourth-order valence-corrected chi connectivity index (χ4v) is 5.18. The number of hydrogen-bond donors (Lipinski definition) is 1. The van der Waals surface area contributed by atoms with E-state index in [1.807, 2.05) is 37.4 Å². The van der Waals surface area contributed by atoms with Gasteiger partial charge in [0.25, 0.3) is 0 Å². The van der Waals surface area contributed by atoms with Gasteiger partial charge in [-0.25, -0.2) is 0 Å². The van der Waals surface area contributed by atoms with Crippen LogP contribution in [0.2, 0.25) is 0 Å². The quantitative estimate of drug-likeness (QED) is 0.470. The number of benzene rings is 2. The van der Waals surface area contributed by atoms with Gasteiger partial charge in [0.1, 0.15) is 5.76 Å². The molecule has 0 amide bonds. The highest BCUT2D eigenvalue weighted by molar-refractivity contribution is 6.24. The van der Waals surface area contributed by atoms with Crippen LogP contribution < -0.4 is 4.90 Å². The Morgan fingerprint density at radius 3 is 2.33 bits per heavy atom. The van der Waals surface area contributed by atoms with Gasteiger partial charge in [-0.3, -0.25) is 9.79 Å². The van der Waals surface area contributed by atoms with Crippen LogP contribution in [0, 0.1) is 6.92 Å². The van der Waals surface area contributed by atoms with E-state index in [1.165, 1.54) is 11.1 Å². The molecule has 170 valence electrons. The van der Waals surface area contributed by atoms with E-state index in [4.69, 9.17) is 0 Å². The summed E-state index contributed by atoms with van der Waals surface area (Å²) in [5, 5.41) is 10.9. The first-order chi connectivity index (χ1) is 15.5. The Morgan fingerprint density at radius 1 is 1.09 bits per heavy atom. The van der Waals surface area contributed by atoms with E-state index < -0.39 is 5.41 Å². The van der Waals surface area contributed by atoms with Crippen molar-refractivity contribution < 1.29 is 9.90 Å². The summed E-state index contributed by atoms with van der Waals surface area (Å²) in [6.45, 7) is 10.5. The van der Waals surface area contributed by atoms with E-state index >= 15 is 0 Å². The number of hydrogen-bond acceptors (Lipinski definition) is 4. The molecule has 2 aromatic carbocycles. The molecule has 4 rings (SSSR count). The van der Waals surface area contributed by atoms with Crippen molar-refractivity contribution in [3.8, 4) is 0 Å². The second-order valence-corrected chi connectivity index (χ2v) is 9.93. The topological polar surface area (TPSA) is 52.9 Å². The zero-order valence-electron chi connectivity index (χ0n) is 20.5. The minimum atomic E-state index is -0.406. The summed E-state index contributed by atoms with van der Waals surface area (Å²) in [5.74, 6) is -0.115.